The molecule has 1 aromatic carbocycles. The van der Waals surface area contributed by atoms with Crippen LogP contribution < -0.4 is 15.4 Å². The molecule has 0 saturated heterocycles. The van der Waals surface area contributed by atoms with E-state index < -0.39 is 0 Å². The zero-order valence-corrected chi connectivity index (χ0v) is 11.8. The number of ether oxygens (including phenoxy) is 1. The van der Waals surface area contributed by atoms with E-state index >= 15 is 0 Å². The number of halogens is 1. The molecule has 0 aromatic heterocycles. The van der Waals surface area contributed by atoms with Gasteiger partial charge in [0.15, 0.2) is 6.61 Å². The van der Waals surface area contributed by atoms with Gasteiger partial charge in [-0.1, -0.05) is 11.6 Å². The predicted molar refractivity (Wildman–Crippen MR) is 76.5 cm³/mol. The number of carbonyl (C=O) groups is 2. The van der Waals surface area contributed by atoms with Crippen molar-refractivity contribution >= 4 is 29.6 Å². The highest BCUT2D eigenvalue weighted by molar-refractivity contribution is 6.32. The Hall–Kier alpha value is -2.08. The van der Waals surface area contributed by atoms with Crippen LogP contribution in [0, 0.1) is 5.41 Å². The molecule has 0 bridgehead atoms. The molecule has 20 heavy (non-hydrogen) atoms. The van der Waals surface area contributed by atoms with Crippen LogP contribution in [0.2, 0.25) is 5.02 Å². The van der Waals surface area contributed by atoms with Crippen LogP contribution in [0.15, 0.2) is 18.2 Å². The molecule has 0 unspecified atom stereocenters. The minimum Gasteiger partial charge on any atom is -0.482 e. The fraction of sp³-hybridized carbons (Fsp3) is 0.308. The van der Waals surface area contributed by atoms with Gasteiger partial charge in [0.05, 0.1) is 5.02 Å². The van der Waals surface area contributed by atoms with Gasteiger partial charge in [-0.05, 0) is 30.7 Å². The van der Waals surface area contributed by atoms with Crippen LogP contribution in [0.1, 0.15) is 12.5 Å². The number of hydrogen-bond acceptors (Lipinski definition) is 4. The van der Waals surface area contributed by atoms with Crippen LogP contribution in [0.5, 0.6) is 5.75 Å². The second-order valence-corrected chi connectivity index (χ2v) is 4.39. The maximum atomic E-state index is 11.4. The first kappa shape index (κ1) is 16.0. The maximum absolute atomic E-state index is 11.4. The zero-order valence-electron chi connectivity index (χ0n) is 11.0. The van der Waals surface area contributed by atoms with Gasteiger partial charge in [0.2, 0.25) is 6.41 Å². The molecule has 0 fully saturated rings. The molecule has 0 atom stereocenters. The standard InChI is InChI=1S/C13H16ClN3O3/c1-9(15)10-2-3-12(11(14)6-10)20-7-13(19)17-5-4-16-8-18/h2-3,6,8,15H,4-5,7H2,1H3,(H,16,18)(H,17,19). The SMILES string of the molecule is CC(=N)c1ccc(OCC(=O)NCCNC=O)c(Cl)c1. The summed E-state index contributed by atoms with van der Waals surface area (Å²) in [5, 5.41) is 12.8. The Bertz CT molecular complexity index is 506. The summed E-state index contributed by atoms with van der Waals surface area (Å²) in [5.74, 6) is 0.0823. The highest BCUT2D eigenvalue weighted by Crippen LogP contribution is 2.25. The smallest absolute Gasteiger partial charge is 0.258 e. The van der Waals surface area contributed by atoms with Crippen molar-refractivity contribution in [1.82, 2.24) is 10.6 Å². The van der Waals surface area contributed by atoms with Crippen molar-refractivity contribution in [3.63, 3.8) is 0 Å². The molecule has 3 N–H and O–H groups in total. The molecule has 7 heteroatoms. The molecule has 1 rings (SSSR count). The molecule has 0 radical (unpaired) electrons. The zero-order chi connectivity index (χ0) is 15.0. The van der Waals surface area contributed by atoms with Crippen molar-refractivity contribution in [2.45, 2.75) is 6.92 Å². The summed E-state index contributed by atoms with van der Waals surface area (Å²) >= 11 is 6.00. The summed E-state index contributed by atoms with van der Waals surface area (Å²) in [6.45, 7) is 2.20. The lowest BCUT2D eigenvalue weighted by molar-refractivity contribution is -0.123. The Labute approximate surface area is 122 Å². The molecule has 0 aliphatic rings. The third kappa shape index (κ3) is 5.27. The number of carbonyl (C=O) groups excluding carboxylic acids is 2. The molecular formula is C13H16ClN3O3. The summed E-state index contributed by atoms with van der Waals surface area (Å²) in [4.78, 5) is 21.4. The summed E-state index contributed by atoms with van der Waals surface area (Å²) in [5.41, 5.74) is 1.10. The van der Waals surface area contributed by atoms with Crippen molar-refractivity contribution in [3.8, 4) is 5.75 Å². The number of nitrogens with one attached hydrogen (secondary N) is 3. The molecule has 1 aromatic rings. The van der Waals surface area contributed by atoms with Gasteiger partial charge in [-0.15, -0.1) is 0 Å². The number of rotatable bonds is 8. The lowest BCUT2D eigenvalue weighted by Crippen LogP contribution is -2.34. The molecule has 0 aliphatic carbocycles. The summed E-state index contributed by atoms with van der Waals surface area (Å²) < 4.78 is 5.29. The highest BCUT2D eigenvalue weighted by Gasteiger charge is 2.07. The maximum Gasteiger partial charge on any atom is 0.258 e. The first-order valence-electron chi connectivity index (χ1n) is 5.96. The van der Waals surface area contributed by atoms with Gasteiger partial charge in [-0.2, -0.15) is 0 Å². The van der Waals surface area contributed by atoms with Crippen LogP contribution in [-0.2, 0) is 9.59 Å². The summed E-state index contributed by atoms with van der Waals surface area (Å²) in [6.07, 6.45) is 0.565. The van der Waals surface area contributed by atoms with E-state index in [9.17, 15) is 9.59 Å². The van der Waals surface area contributed by atoms with Gasteiger partial charge < -0.3 is 20.8 Å². The Morgan fingerprint density at radius 1 is 1.45 bits per heavy atom. The molecule has 2 amide bonds. The molecule has 0 saturated carbocycles. The van der Waals surface area contributed by atoms with Gasteiger partial charge >= 0.3 is 0 Å². The second kappa shape index (κ2) is 8.16. The fourth-order valence-electron chi connectivity index (χ4n) is 1.38. The van der Waals surface area contributed by atoms with E-state index in [2.05, 4.69) is 10.6 Å². The molecule has 0 heterocycles. The highest BCUT2D eigenvalue weighted by atomic mass is 35.5. The van der Waals surface area contributed by atoms with Crippen molar-refractivity contribution in [2.75, 3.05) is 19.7 Å². The van der Waals surface area contributed by atoms with Crippen molar-refractivity contribution in [2.24, 2.45) is 0 Å². The Morgan fingerprint density at radius 2 is 2.20 bits per heavy atom. The Balaban J connectivity index is 2.43. The largest absolute Gasteiger partial charge is 0.482 e. The number of amides is 2. The Morgan fingerprint density at radius 3 is 2.80 bits per heavy atom. The van der Waals surface area contributed by atoms with E-state index in [1.165, 1.54) is 0 Å². The van der Waals surface area contributed by atoms with E-state index in [-0.39, 0.29) is 12.5 Å². The van der Waals surface area contributed by atoms with Crippen LogP contribution in [-0.4, -0.2) is 37.7 Å². The quantitative estimate of drug-likeness (QED) is 0.379. The topological polar surface area (TPSA) is 91.3 Å². The van der Waals surface area contributed by atoms with Gasteiger partial charge in [-0.3, -0.25) is 9.59 Å². The van der Waals surface area contributed by atoms with Crippen LogP contribution in [0.4, 0.5) is 0 Å². The molecule has 6 nitrogen and oxygen atoms in total. The van der Waals surface area contributed by atoms with Crippen LogP contribution in [0.3, 0.4) is 0 Å². The first-order valence-corrected chi connectivity index (χ1v) is 6.34. The monoisotopic (exact) mass is 297 g/mol. The van der Waals surface area contributed by atoms with E-state index in [4.69, 9.17) is 21.7 Å². The molecule has 108 valence electrons. The Kier molecular flexibility index (Phi) is 6.52. The first-order chi connectivity index (χ1) is 9.54. The predicted octanol–water partition coefficient (Wildman–Crippen LogP) is 0.969. The van der Waals surface area contributed by atoms with E-state index in [0.717, 1.165) is 0 Å². The summed E-state index contributed by atoms with van der Waals surface area (Å²) in [6, 6.07) is 4.94. The molecular weight excluding hydrogens is 282 g/mol. The normalized spacial score (nSPS) is 9.70. The molecule has 0 aliphatic heterocycles. The van der Waals surface area contributed by atoms with Crippen molar-refractivity contribution < 1.29 is 14.3 Å². The summed E-state index contributed by atoms with van der Waals surface area (Å²) in [7, 11) is 0. The van der Waals surface area contributed by atoms with Gasteiger partial charge in [0.1, 0.15) is 5.75 Å². The minimum absolute atomic E-state index is 0.163. The van der Waals surface area contributed by atoms with Crippen LogP contribution >= 0.6 is 11.6 Å². The van der Waals surface area contributed by atoms with Gasteiger partial charge in [0, 0.05) is 18.8 Å². The fourth-order valence-corrected chi connectivity index (χ4v) is 1.61. The van der Waals surface area contributed by atoms with Gasteiger partial charge in [-0.25, -0.2) is 0 Å². The average Bonchev–Trinajstić information content (AvgIpc) is 2.42. The number of hydrogen-bond donors (Lipinski definition) is 3. The van der Waals surface area contributed by atoms with Crippen LogP contribution in [0.25, 0.3) is 0 Å². The number of benzene rings is 1. The van der Waals surface area contributed by atoms with E-state index in [0.29, 0.717) is 41.5 Å². The van der Waals surface area contributed by atoms with Gasteiger partial charge in [0.25, 0.3) is 5.91 Å². The third-order valence-electron chi connectivity index (χ3n) is 2.40. The second-order valence-electron chi connectivity index (χ2n) is 3.98. The third-order valence-corrected chi connectivity index (χ3v) is 2.69. The average molecular weight is 298 g/mol. The lowest BCUT2D eigenvalue weighted by Gasteiger charge is -2.09. The van der Waals surface area contributed by atoms with E-state index in [1.807, 2.05) is 0 Å². The van der Waals surface area contributed by atoms with E-state index in [1.54, 1.807) is 25.1 Å². The van der Waals surface area contributed by atoms with Crippen molar-refractivity contribution in [3.05, 3.63) is 28.8 Å². The minimum atomic E-state index is -0.305. The molecule has 0 spiro atoms. The lowest BCUT2D eigenvalue weighted by atomic mass is 10.1. The van der Waals surface area contributed by atoms with Crippen molar-refractivity contribution in [1.29, 1.82) is 5.41 Å².